The topological polar surface area (TPSA) is 59.8 Å². The van der Waals surface area contributed by atoms with Crippen molar-refractivity contribution in [3.8, 4) is 0 Å². The largest absolute Gasteiger partial charge is 0.350 e. The fraction of sp³-hybridized carbons (Fsp3) is 0.400. The van der Waals surface area contributed by atoms with Crippen LogP contribution in [0.1, 0.15) is 31.0 Å². The quantitative estimate of drug-likeness (QED) is 0.838. The number of hydrogen-bond acceptors (Lipinski definition) is 3. The van der Waals surface area contributed by atoms with Gasteiger partial charge in [-0.25, -0.2) is 0 Å². The molecule has 1 amide bonds. The van der Waals surface area contributed by atoms with Crippen LogP contribution in [-0.2, 0) is 24.3 Å². The summed E-state index contributed by atoms with van der Waals surface area (Å²) in [6.07, 6.45) is 4.22. The van der Waals surface area contributed by atoms with Crippen LogP contribution in [0.5, 0.6) is 0 Å². The van der Waals surface area contributed by atoms with E-state index in [1.807, 2.05) is 36.0 Å². The van der Waals surface area contributed by atoms with Gasteiger partial charge in [0.1, 0.15) is 5.69 Å². The lowest BCUT2D eigenvalue weighted by Crippen LogP contribution is -2.22. The minimum Gasteiger partial charge on any atom is -0.350 e. The minimum atomic E-state index is 0.0614. The van der Waals surface area contributed by atoms with E-state index in [0.717, 1.165) is 25.1 Å². The van der Waals surface area contributed by atoms with Gasteiger partial charge in [0.05, 0.1) is 12.7 Å². The van der Waals surface area contributed by atoms with E-state index in [0.29, 0.717) is 13.0 Å². The van der Waals surface area contributed by atoms with E-state index in [-0.39, 0.29) is 5.91 Å². The Bertz CT molecular complexity index is 536. The first kappa shape index (κ1) is 14.2. The van der Waals surface area contributed by atoms with Crippen molar-refractivity contribution in [1.29, 1.82) is 0 Å². The molecule has 0 unspecified atom stereocenters. The van der Waals surface area contributed by atoms with Crippen LogP contribution in [-0.4, -0.2) is 20.9 Å². The fourth-order valence-corrected chi connectivity index (χ4v) is 1.92. The van der Waals surface area contributed by atoms with Crippen LogP contribution in [0.25, 0.3) is 0 Å². The second kappa shape index (κ2) is 7.43. The van der Waals surface area contributed by atoms with E-state index in [4.69, 9.17) is 0 Å². The summed E-state index contributed by atoms with van der Waals surface area (Å²) >= 11 is 0. The normalized spacial score (nSPS) is 10.4. The number of carbonyl (C=O) groups is 1. The third kappa shape index (κ3) is 4.50. The van der Waals surface area contributed by atoms with Gasteiger partial charge in [-0.15, -0.1) is 5.10 Å². The molecule has 1 aromatic heterocycles. The number of nitrogens with one attached hydrogen (secondary N) is 1. The van der Waals surface area contributed by atoms with Gasteiger partial charge >= 0.3 is 0 Å². The average Bonchev–Trinajstić information content (AvgIpc) is 2.92. The molecule has 20 heavy (non-hydrogen) atoms. The lowest BCUT2D eigenvalue weighted by Gasteiger charge is -2.01. The van der Waals surface area contributed by atoms with Crippen molar-refractivity contribution in [1.82, 2.24) is 20.3 Å². The van der Waals surface area contributed by atoms with Gasteiger partial charge in [-0.1, -0.05) is 42.5 Å². The minimum absolute atomic E-state index is 0.0614. The van der Waals surface area contributed by atoms with Gasteiger partial charge in [-0.05, 0) is 18.4 Å². The highest BCUT2D eigenvalue weighted by atomic mass is 16.1. The van der Waals surface area contributed by atoms with Gasteiger partial charge in [0.2, 0.25) is 5.91 Å². The smallest absolute Gasteiger partial charge is 0.220 e. The van der Waals surface area contributed by atoms with Crippen molar-refractivity contribution in [3.05, 3.63) is 47.8 Å². The third-order valence-electron chi connectivity index (χ3n) is 3.00. The van der Waals surface area contributed by atoms with Crippen molar-refractivity contribution in [2.75, 3.05) is 0 Å². The van der Waals surface area contributed by atoms with Crippen LogP contribution in [0, 0.1) is 0 Å². The first-order valence-corrected chi connectivity index (χ1v) is 6.97. The zero-order valence-corrected chi connectivity index (χ0v) is 11.7. The zero-order chi connectivity index (χ0) is 14.2. The Labute approximate surface area is 119 Å². The summed E-state index contributed by atoms with van der Waals surface area (Å²) in [5.41, 5.74) is 2.07. The van der Waals surface area contributed by atoms with Crippen molar-refractivity contribution >= 4 is 5.91 Å². The van der Waals surface area contributed by atoms with Crippen LogP contribution in [0.3, 0.4) is 0 Å². The summed E-state index contributed by atoms with van der Waals surface area (Å²) < 4.78 is 1.81. The number of benzene rings is 1. The summed E-state index contributed by atoms with van der Waals surface area (Å²) in [5.74, 6) is 0.0614. The van der Waals surface area contributed by atoms with Gasteiger partial charge in [0.15, 0.2) is 0 Å². The van der Waals surface area contributed by atoms with Crippen molar-refractivity contribution in [2.24, 2.45) is 0 Å². The van der Waals surface area contributed by atoms with Gasteiger partial charge < -0.3 is 5.32 Å². The molecule has 1 N–H and O–H groups in total. The van der Waals surface area contributed by atoms with E-state index in [2.05, 4.69) is 27.8 Å². The van der Waals surface area contributed by atoms with E-state index in [9.17, 15) is 4.79 Å². The molecule has 0 aliphatic carbocycles. The van der Waals surface area contributed by atoms with E-state index in [1.165, 1.54) is 5.56 Å². The lowest BCUT2D eigenvalue weighted by molar-refractivity contribution is -0.121. The van der Waals surface area contributed by atoms with Gasteiger partial charge in [0, 0.05) is 13.0 Å². The third-order valence-corrected chi connectivity index (χ3v) is 3.00. The second-order valence-corrected chi connectivity index (χ2v) is 4.74. The van der Waals surface area contributed by atoms with Gasteiger partial charge in [-0.3, -0.25) is 9.48 Å². The number of carbonyl (C=O) groups excluding carboxylic acids is 1. The van der Waals surface area contributed by atoms with Crippen molar-refractivity contribution in [2.45, 2.75) is 39.3 Å². The predicted octanol–water partition coefficient (Wildman–Crippen LogP) is 1.94. The highest BCUT2D eigenvalue weighted by Gasteiger charge is 2.03. The zero-order valence-electron chi connectivity index (χ0n) is 11.7. The molecule has 1 aromatic carbocycles. The Morgan fingerprint density at radius 3 is 2.85 bits per heavy atom. The Morgan fingerprint density at radius 1 is 1.30 bits per heavy atom. The van der Waals surface area contributed by atoms with Crippen molar-refractivity contribution in [3.63, 3.8) is 0 Å². The first-order chi connectivity index (χ1) is 9.78. The first-order valence-electron chi connectivity index (χ1n) is 6.97. The summed E-state index contributed by atoms with van der Waals surface area (Å²) in [4.78, 5) is 11.4. The van der Waals surface area contributed by atoms with Crippen LogP contribution in [0.15, 0.2) is 36.5 Å². The molecule has 0 bridgehead atoms. The molecule has 106 valence electrons. The number of hydrogen-bond donors (Lipinski definition) is 1. The van der Waals surface area contributed by atoms with Crippen molar-refractivity contribution < 1.29 is 4.79 Å². The molecule has 5 heteroatoms. The van der Waals surface area contributed by atoms with Crippen LogP contribution < -0.4 is 5.32 Å². The Morgan fingerprint density at radius 2 is 2.10 bits per heavy atom. The lowest BCUT2D eigenvalue weighted by atomic mass is 10.1. The van der Waals surface area contributed by atoms with Crippen LogP contribution >= 0.6 is 0 Å². The molecular weight excluding hydrogens is 252 g/mol. The molecule has 0 saturated heterocycles. The molecule has 0 aliphatic heterocycles. The molecule has 0 aliphatic rings. The summed E-state index contributed by atoms with van der Waals surface area (Å²) in [6, 6.07) is 10.3. The molecule has 0 fully saturated rings. The maximum absolute atomic E-state index is 11.4. The number of rotatable bonds is 7. The molecule has 2 aromatic rings. The molecule has 0 spiro atoms. The highest BCUT2D eigenvalue weighted by Crippen LogP contribution is 2.02. The molecule has 5 nitrogen and oxygen atoms in total. The molecule has 2 rings (SSSR count). The van der Waals surface area contributed by atoms with E-state index >= 15 is 0 Å². The van der Waals surface area contributed by atoms with Gasteiger partial charge in [-0.2, -0.15) is 0 Å². The SMILES string of the molecule is CCCC(=O)NCc1cn(CCc2ccccc2)nn1. The average molecular weight is 272 g/mol. The number of amides is 1. The number of aryl methyl sites for hydroxylation is 2. The number of aromatic nitrogens is 3. The summed E-state index contributed by atoms with van der Waals surface area (Å²) in [5, 5.41) is 11.0. The molecule has 1 heterocycles. The van der Waals surface area contributed by atoms with Crippen LogP contribution in [0.4, 0.5) is 0 Å². The fourth-order valence-electron chi connectivity index (χ4n) is 1.92. The Balaban J connectivity index is 1.79. The molecule has 0 radical (unpaired) electrons. The maximum Gasteiger partial charge on any atom is 0.220 e. The Hall–Kier alpha value is -2.17. The predicted molar refractivity (Wildman–Crippen MR) is 76.9 cm³/mol. The number of nitrogens with zero attached hydrogens (tertiary/aromatic N) is 3. The van der Waals surface area contributed by atoms with Gasteiger partial charge in [0.25, 0.3) is 0 Å². The molecular formula is C15H20N4O. The van der Waals surface area contributed by atoms with E-state index < -0.39 is 0 Å². The monoisotopic (exact) mass is 272 g/mol. The van der Waals surface area contributed by atoms with Crippen LogP contribution in [0.2, 0.25) is 0 Å². The summed E-state index contributed by atoms with van der Waals surface area (Å²) in [7, 11) is 0. The molecule has 0 saturated carbocycles. The standard InChI is InChI=1S/C15H20N4O/c1-2-6-15(20)16-11-14-12-19(18-17-14)10-9-13-7-4-3-5-8-13/h3-5,7-8,12H,2,6,9-11H2,1H3,(H,16,20). The highest BCUT2D eigenvalue weighted by molar-refractivity contribution is 5.75. The summed E-state index contributed by atoms with van der Waals surface area (Å²) in [6.45, 7) is 3.23. The Kier molecular flexibility index (Phi) is 5.29. The van der Waals surface area contributed by atoms with E-state index in [1.54, 1.807) is 0 Å². The second-order valence-electron chi connectivity index (χ2n) is 4.74. The maximum atomic E-state index is 11.4. The molecule has 0 atom stereocenters.